The van der Waals surface area contributed by atoms with Crippen molar-refractivity contribution in [2.45, 2.75) is 45.8 Å². The third kappa shape index (κ3) is 4.50. The zero-order chi connectivity index (χ0) is 13.4. The van der Waals surface area contributed by atoms with Crippen LogP contribution >= 0.6 is 0 Å². The third-order valence-electron chi connectivity index (χ3n) is 3.81. The molecule has 0 heterocycles. The highest BCUT2D eigenvalue weighted by atomic mass is 16.5. The van der Waals surface area contributed by atoms with Crippen molar-refractivity contribution in [1.82, 2.24) is 5.32 Å². The summed E-state index contributed by atoms with van der Waals surface area (Å²) in [6.45, 7) is 10.6. The van der Waals surface area contributed by atoms with Crippen LogP contribution < -0.4 is 5.32 Å². The molecule has 4 heteroatoms. The Morgan fingerprint density at radius 2 is 1.94 bits per heavy atom. The smallest absolute Gasteiger partial charge is 0.0704 e. The molecule has 2 unspecified atom stereocenters. The van der Waals surface area contributed by atoms with E-state index in [1.165, 1.54) is 0 Å². The lowest BCUT2D eigenvalue weighted by atomic mass is 9.64. The van der Waals surface area contributed by atoms with Crippen LogP contribution in [0.5, 0.6) is 0 Å². The number of ether oxygens (including phenoxy) is 3. The normalized spacial score (nSPS) is 26.0. The number of rotatable bonds is 10. The second-order valence-electron chi connectivity index (χ2n) is 5.49. The van der Waals surface area contributed by atoms with Gasteiger partial charge in [-0.25, -0.2) is 0 Å². The first-order valence-corrected chi connectivity index (χ1v) is 7.04. The highest BCUT2D eigenvalue weighted by molar-refractivity contribution is 5.02. The van der Waals surface area contributed by atoms with Gasteiger partial charge in [0, 0.05) is 31.8 Å². The monoisotopic (exact) mass is 259 g/mol. The number of hydrogen-bond donors (Lipinski definition) is 1. The fourth-order valence-electron chi connectivity index (χ4n) is 2.42. The van der Waals surface area contributed by atoms with Gasteiger partial charge >= 0.3 is 0 Å². The zero-order valence-corrected chi connectivity index (χ0v) is 12.3. The second kappa shape index (κ2) is 8.10. The van der Waals surface area contributed by atoms with Crippen molar-refractivity contribution in [2.75, 3.05) is 40.1 Å². The van der Waals surface area contributed by atoms with Crippen molar-refractivity contribution in [3.8, 4) is 0 Å². The molecule has 1 rings (SSSR count). The molecule has 4 nitrogen and oxygen atoms in total. The van der Waals surface area contributed by atoms with Crippen molar-refractivity contribution in [2.24, 2.45) is 5.41 Å². The van der Waals surface area contributed by atoms with Gasteiger partial charge in [0.05, 0.1) is 19.3 Å². The van der Waals surface area contributed by atoms with Crippen LogP contribution in [0.1, 0.15) is 33.6 Å². The van der Waals surface area contributed by atoms with Crippen molar-refractivity contribution in [1.29, 1.82) is 0 Å². The van der Waals surface area contributed by atoms with E-state index in [2.05, 4.69) is 26.1 Å². The Bertz CT molecular complexity index is 221. The minimum Gasteiger partial charge on any atom is -0.385 e. The summed E-state index contributed by atoms with van der Waals surface area (Å²) in [5.41, 5.74) is 0.242. The summed E-state index contributed by atoms with van der Waals surface area (Å²) in [7, 11) is 1.71. The molecule has 1 fully saturated rings. The van der Waals surface area contributed by atoms with E-state index in [1.807, 2.05) is 0 Å². The van der Waals surface area contributed by atoms with Gasteiger partial charge in [0.1, 0.15) is 0 Å². The quantitative estimate of drug-likeness (QED) is 0.608. The van der Waals surface area contributed by atoms with Crippen molar-refractivity contribution >= 4 is 0 Å². The lowest BCUT2D eigenvalue weighted by molar-refractivity contribution is -0.127. The van der Waals surface area contributed by atoms with Crippen LogP contribution in [0.3, 0.4) is 0 Å². The molecule has 1 N–H and O–H groups in total. The average molecular weight is 259 g/mol. The Labute approximate surface area is 111 Å². The molecule has 0 aliphatic heterocycles. The van der Waals surface area contributed by atoms with Gasteiger partial charge in [-0.3, -0.25) is 0 Å². The van der Waals surface area contributed by atoms with Gasteiger partial charge in [0.2, 0.25) is 0 Å². The molecule has 2 atom stereocenters. The predicted octanol–water partition coefficient (Wildman–Crippen LogP) is 1.83. The van der Waals surface area contributed by atoms with Gasteiger partial charge in [0.15, 0.2) is 0 Å². The van der Waals surface area contributed by atoms with E-state index in [1.54, 1.807) is 7.11 Å². The van der Waals surface area contributed by atoms with Crippen molar-refractivity contribution in [3.63, 3.8) is 0 Å². The fraction of sp³-hybridized carbons (Fsp3) is 1.00. The van der Waals surface area contributed by atoms with Gasteiger partial charge in [-0.2, -0.15) is 0 Å². The summed E-state index contributed by atoms with van der Waals surface area (Å²) < 4.78 is 16.3. The summed E-state index contributed by atoms with van der Waals surface area (Å²) >= 11 is 0. The van der Waals surface area contributed by atoms with Crippen LogP contribution in [0.25, 0.3) is 0 Å². The van der Waals surface area contributed by atoms with E-state index in [4.69, 9.17) is 14.2 Å². The highest BCUT2D eigenvalue weighted by Gasteiger charge is 2.48. The predicted molar refractivity (Wildman–Crippen MR) is 72.9 cm³/mol. The molecule has 0 amide bonds. The van der Waals surface area contributed by atoms with Gasteiger partial charge in [0.25, 0.3) is 0 Å². The van der Waals surface area contributed by atoms with Crippen LogP contribution in [-0.4, -0.2) is 52.2 Å². The van der Waals surface area contributed by atoms with Gasteiger partial charge < -0.3 is 19.5 Å². The third-order valence-corrected chi connectivity index (χ3v) is 3.81. The molecule has 0 aromatic heterocycles. The van der Waals surface area contributed by atoms with E-state index in [9.17, 15) is 0 Å². The van der Waals surface area contributed by atoms with E-state index < -0.39 is 0 Å². The Kier molecular flexibility index (Phi) is 7.15. The van der Waals surface area contributed by atoms with Crippen LogP contribution in [0, 0.1) is 5.41 Å². The van der Waals surface area contributed by atoms with E-state index >= 15 is 0 Å². The summed E-state index contributed by atoms with van der Waals surface area (Å²) in [6.07, 6.45) is 2.43. The van der Waals surface area contributed by atoms with E-state index in [-0.39, 0.29) is 5.41 Å². The van der Waals surface area contributed by atoms with Gasteiger partial charge in [-0.05, 0) is 19.4 Å². The molecule has 108 valence electrons. The molecular weight excluding hydrogens is 230 g/mol. The summed E-state index contributed by atoms with van der Waals surface area (Å²) in [5.74, 6) is 0. The first-order valence-electron chi connectivity index (χ1n) is 7.04. The van der Waals surface area contributed by atoms with E-state index in [0.717, 1.165) is 32.6 Å². The Morgan fingerprint density at radius 3 is 2.56 bits per heavy atom. The maximum absolute atomic E-state index is 5.88. The molecule has 1 aliphatic carbocycles. The molecule has 0 spiro atoms. The van der Waals surface area contributed by atoms with Crippen LogP contribution in [-0.2, 0) is 14.2 Å². The zero-order valence-electron chi connectivity index (χ0n) is 12.3. The minimum atomic E-state index is 0.242. The standard InChI is InChI=1S/C14H29NO3/c1-5-15-12-11-13(14(12,2)3)18-10-9-17-8-6-7-16-4/h12-13,15H,5-11H2,1-4H3. The Hall–Kier alpha value is -0.160. The fourth-order valence-corrected chi connectivity index (χ4v) is 2.42. The SMILES string of the molecule is CCNC1CC(OCCOCCCOC)C1(C)C. The average Bonchev–Trinajstić information content (AvgIpc) is 2.35. The highest BCUT2D eigenvalue weighted by Crippen LogP contribution is 2.42. The Balaban J connectivity index is 2.00. The molecule has 0 aromatic carbocycles. The molecular formula is C14H29NO3. The maximum Gasteiger partial charge on any atom is 0.0704 e. The summed E-state index contributed by atoms with van der Waals surface area (Å²) in [6, 6.07) is 0.593. The molecule has 1 saturated carbocycles. The van der Waals surface area contributed by atoms with Crippen molar-refractivity contribution < 1.29 is 14.2 Å². The molecule has 0 saturated heterocycles. The van der Waals surface area contributed by atoms with Gasteiger partial charge in [-0.1, -0.05) is 20.8 Å². The summed E-state index contributed by atoms with van der Waals surface area (Å²) in [4.78, 5) is 0. The molecule has 1 aliphatic rings. The number of hydrogen-bond acceptors (Lipinski definition) is 4. The van der Waals surface area contributed by atoms with E-state index in [0.29, 0.717) is 25.4 Å². The summed E-state index contributed by atoms with van der Waals surface area (Å²) in [5, 5.41) is 3.50. The number of nitrogens with one attached hydrogen (secondary N) is 1. The maximum atomic E-state index is 5.88. The van der Waals surface area contributed by atoms with Crippen LogP contribution in [0.2, 0.25) is 0 Å². The first-order chi connectivity index (χ1) is 8.62. The minimum absolute atomic E-state index is 0.242. The van der Waals surface area contributed by atoms with Crippen molar-refractivity contribution in [3.05, 3.63) is 0 Å². The first kappa shape index (κ1) is 15.9. The van der Waals surface area contributed by atoms with Gasteiger partial charge in [-0.15, -0.1) is 0 Å². The lowest BCUT2D eigenvalue weighted by Gasteiger charge is -2.52. The second-order valence-corrected chi connectivity index (χ2v) is 5.49. The largest absolute Gasteiger partial charge is 0.385 e. The van der Waals surface area contributed by atoms with Crippen LogP contribution in [0.15, 0.2) is 0 Å². The van der Waals surface area contributed by atoms with Crippen LogP contribution in [0.4, 0.5) is 0 Å². The molecule has 0 bridgehead atoms. The molecule has 18 heavy (non-hydrogen) atoms. The topological polar surface area (TPSA) is 39.7 Å². The Morgan fingerprint density at radius 1 is 1.17 bits per heavy atom. The molecule has 0 aromatic rings. The lowest BCUT2D eigenvalue weighted by Crippen LogP contribution is -2.61. The number of methoxy groups -OCH3 is 1. The molecule has 0 radical (unpaired) electrons.